The zero-order valence-corrected chi connectivity index (χ0v) is 83.1. The monoisotopic (exact) mass is 2050 g/mol. The van der Waals surface area contributed by atoms with Crippen molar-refractivity contribution in [1.29, 1.82) is 0 Å². The molecule has 6 amide bonds. The second-order valence-electron chi connectivity index (χ2n) is 40.0. The number of fused-ring (bicyclic) bond motifs is 15. The summed E-state index contributed by atoms with van der Waals surface area (Å²) < 4.78 is 163. The van der Waals surface area contributed by atoms with Crippen LogP contribution >= 0.6 is 0 Å². The maximum Gasteiger partial charge on any atom is 0.408 e. The maximum atomic E-state index is 16.0. The molecule has 6 bridgehead atoms. The van der Waals surface area contributed by atoms with Crippen LogP contribution in [0, 0.1) is 51.8 Å². The maximum absolute atomic E-state index is 16.0. The molecular weight excluding hydrogens is 1920 g/mol. The molecule has 42 heteroatoms. The van der Waals surface area contributed by atoms with Gasteiger partial charge >= 0.3 is 18.3 Å². The normalized spacial score (nSPS) is 31.9. The van der Waals surface area contributed by atoms with Crippen molar-refractivity contribution in [2.75, 3.05) is 80.6 Å². The molecule has 3 aliphatic carbocycles. The van der Waals surface area contributed by atoms with Gasteiger partial charge in [-0.15, -0.1) is 0 Å². The largest absolute Gasteiger partial charge is 0.540 e. The fourth-order valence-corrected chi connectivity index (χ4v) is 21.1. The number of aromatic nitrogens is 6. The molecule has 3 aromatic carbocycles. The molecule has 6 aromatic rings. The molecule has 33 nitrogen and oxygen atoms in total. The van der Waals surface area contributed by atoms with Gasteiger partial charge in [0, 0.05) is 120 Å². The van der Waals surface area contributed by atoms with E-state index < -0.39 is 191 Å². The number of amides is 6. The number of ether oxygens (including phenoxy) is 12. The summed E-state index contributed by atoms with van der Waals surface area (Å²) in [4.78, 5) is 149. The number of carbonyl (C=O) groups is 6. The van der Waals surface area contributed by atoms with Crippen LogP contribution in [0.15, 0.2) is 54.6 Å². The first-order chi connectivity index (χ1) is 64.2. The zero-order chi connectivity index (χ0) is 96.2. The van der Waals surface area contributed by atoms with Crippen molar-refractivity contribution in [3.05, 3.63) is 71.7 Å². The molecule has 3 aromatic heterocycles. The predicted molar refractivity (Wildman–Crippen MR) is 477 cm³/mol. The van der Waals surface area contributed by atoms with Crippen molar-refractivity contribution in [1.82, 2.24) is 60.6 Å². The first kappa shape index (κ1) is 106. The number of halogens is 6. The van der Waals surface area contributed by atoms with Crippen molar-refractivity contribution in [2.24, 2.45) is 51.8 Å². The molecule has 6 saturated heterocycles. The Labute approximate surface area is 835 Å². The van der Waals surface area contributed by atoms with E-state index in [1.165, 1.54) is 36.0 Å². The van der Waals surface area contributed by atoms with Gasteiger partial charge in [0.05, 0.1) is 120 Å². The third-order valence-corrected chi connectivity index (χ3v) is 30.0. The molecule has 3 radical (unpaired) electrons. The van der Waals surface area contributed by atoms with Crippen molar-refractivity contribution < 1.29 is 186 Å². The molecule has 12 aliphatic rings. The summed E-state index contributed by atoms with van der Waals surface area (Å²) >= 11 is 0. The Bertz CT molecular complexity index is 5510. The minimum absolute atomic E-state index is 0. The fraction of sp³-hybridized carbons (Fsp3) is 0.656. The van der Waals surface area contributed by atoms with Crippen LogP contribution in [0.3, 0.4) is 0 Å². The summed E-state index contributed by atoms with van der Waals surface area (Å²) in [5.74, 6) is -12.7. The van der Waals surface area contributed by atoms with Gasteiger partial charge in [0.2, 0.25) is 35.4 Å². The number of alkyl carbamates (subject to hydrolysis) is 3. The van der Waals surface area contributed by atoms with Gasteiger partial charge in [-0.1, -0.05) is 72.5 Å². The number of nitrogens with one attached hydrogen (secondary N) is 3. The molecule has 3 saturated carbocycles. The van der Waals surface area contributed by atoms with Crippen LogP contribution < -0.4 is 44.4 Å². The average molecular weight is 2050 g/mol. The van der Waals surface area contributed by atoms with Crippen LogP contribution in [-0.2, 0) is 131 Å². The summed E-state index contributed by atoms with van der Waals surface area (Å²) in [5, 5.41) is 8.34. The number of hydrogen-bond acceptors (Lipinski definition) is 27. The van der Waals surface area contributed by atoms with Gasteiger partial charge < -0.3 is 102 Å². The third kappa shape index (κ3) is 22.1. The molecule has 9 aliphatic heterocycles. The van der Waals surface area contributed by atoms with E-state index in [4.69, 9.17) is 56.8 Å². The number of methoxy groups -OCH3 is 3. The van der Waals surface area contributed by atoms with E-state index in [0.29, 0.717) is 90.7 Å². The SMILES string of the molecule is COc1ccc2nc3c(nc2c1)O[C@H]1CN(C(=O)[C@H](C2(C)COC2)NC(=O)O[C@@H]2CCC[C@H]2CCCCC3(F)F)[C@H]([C-]=O)[C@@H]1C.COc1ccc2nc3c(nc2c1)O[C@H]1CN(C(=O)[C@H](C2(C)COC2)NC(=O)O[C@]2(C)CCC[C@H]2CCCCC3(F)F)[C@H]([C-]=O)[C@@H]1C.COc1ccc2nc3c(nc2c1)O[C@H]1CN(C(=O)[C@H](C2(C)COC2)NC(=O)O[C@]2(C)C[C@H]2CCCC(F)(F)C3)[C@H]([C-]=O)[C@@H]1C.[HH].[HH].[HH].[V].[V].[V]. The Balaban J connectivity index is 0.000000213. The van der Waals surface area contributed by atoms with Crippen molar-refractivity contribution >= 4 is 88.0 Å². The minimum Gasteiger partial charge on any atom is -0.540 e. The van der Waals surface area contributed by atoms with Crippen molar-refractivity contribution in [3.63, 3.8) is 0 Å². The Morgan fingerprint density at radius 2 is 0.775 bits per heavy atom. The van der Waals surface area contributed by atoms with Gasteiger partial charge in [0.15, 0.2) is 11.4 Å². The van der Waals surface area contributed by atoms with E-state index in [1.54, 1.807) is 82.3 Å². The molecule has 138 heavy (non-hydrogen) atoms. The van der Waals surface area contributed by atoms with Gasteiger partial charge in [0.25, 0.3) is 17.8 Å². The topological polar surface area (TPSA) is 388 Å². The Morgan fingerprint density at radius 3 is 1.19 bits per heavy atom. The summed E-state index contributed by atoms with van der Waals surface area (Å²) in [7, 11) is 4.48. The van der Waals surface area contributed by atoms with Crippen LogP contribution in [0.4, 0.5) is 40.7 Å². The van der Waals surface area contributed by atoms with E-state index in [0.717, 1.165) is 25.7 Å². The van der Waals surface area contributed by atoms with Crippen LogP contribution in [0.2, 0.25) is 0 Å². The van der Waals surface area contributed by atoms with E-state index in [2.05, 4.69) is 45.9 Å². The van der Waals surface area contributed by atoms with Crippen LogP contribution in [-0.4, -0.2) is 258 Å². The van der Waals surface area contributed by atoms with Crippen LogP contribution in [0.5, 0.6) is 34.9 Å². The van der Waals surface area contributed by atoms with Gasteiger partial charge in [-0.2, -0.15) is 17.6 Å². The fourth-order valence-electron chi connectivity index (χ4n) is 21.1. The van der Waals surface area contributed by atoms with E-state index in [1.807, 2.05) is 46.6 Å². The van der Waals surface area contributed by atoms with E-state index >= 15 is 26.3 Å². The van der Waals surface area contributed by atoms with Gasteiger partial charge in [0.1, 0.15) is 76.7 Å². The standard InChI is InChI=1S/C33H41F2N4O7.C32H39F2N4O7.C31H37F2N4O7.3V.3H2/c1-19-24(16-40)39-15-25(19)45-28-26(36-22-11-10-21(43-4)14-23(22)37-28)33(34,35)13-6-5-8-20-9-7-12-32(20,3)46-30(42)38-27(29(39)41)31(2)17-44-18-31;1-18-23(15-39)38-14-25(18)44-28-26(35-21-11-10-20(42-3)13-22(21)36-28)32(33,34)12-5-4-7-19-8-6-9-24(19)45-30(41)37-27(29(38)40)31(2)16-43-17-31;1-17-23(14-38)37-13-24(17)43-26-22(34-20-8-7-19(41-4)10-21(20)35-26)12-31(32,33)9-5-6-18-11-30(18,3)44-28(40)36-25(27(37)39)29(2)15-42-16-29;;;;;;/h10-11,14,19-20,24-25,27H,5-9,12-13,15,17-18H2,1-4H3,(H,38,42);10-11,13,18-19,23-25,27H,4-9,12,14,16-17H2,1-3H3,(H,37,41);7-8,10,17-18,23-25H,5-6,9,11-13,15-16H2,1-4H3,(H,36,40);;;;3*1H/q3*-1;;;;;;/t19-,20+,24+,25-,27+,32+;18-,19+,23+,24+,25-,27+;17-,18+,23+,24-,25+,30+;;;;;;/m000....../s1. The molecule has 18 atom stereocenters. The average Bonchev–Trinajstić information content (AvgIpc) is 1.66. The van der Waals surface area contributed by atoms with E-state index in [9.17, 15) is 43.2 Å². The Kier molecular flexibility index (Phi) is 32.8. The first-order valence-electron chi connectivity index (χ1n) is 46.7. The first-order valence-corrected chi connectivity index (χ1v) is 46.7. The Hall–Kier alpha value is -9.08. The smallest absolute Gasteiger partial charge is 0.408 e. The second-order valence-corrected chi connectivity index (χ2v) is 40.0. The number of alkyl halides is 6. The molecule has 12 heterocycles. The van der Waals surface area contributed by atoms with Crippen molar-refractivity contribution in [3.8, 4) is 34.9 Å². The van der Waals surface area contributed by atoms with Gasteiger partial charge in [-0.25, -0.2) is 71.9 Å². The number of hydrogen-bond donors (Lipinski definition) is 3. The molecule has 0 unspecified atom stereocenters. The second kappa shape index (κ2) is 42.6. The zero-order valence-electron chi connectivity index (χ0n) is 78.9. The third-order valence-electron chi connectivity index (χ3n) is 30.0. The predicted octanol–water partition coefficient (Wildman–Crippen LogP) is 13.4. The molecular formula is C96H123F6N12O21V3-3. The summed E-state index contributed by atoms with van der Waals surface area (Å²) in [6, 6.07) is 8.24. The number of rotatable bonds is 9. The number of benzene rings is 3. The van der Waals surface area contributed by atoms with Crippen molar-refractivity contribution in [2.45, 2.75) is 267 Å². The molecule has 753 valence electrons. The summed E-state index contributed by atoms with van der Waals surface area (Å²) in [6.45, 7) is 15.3. The molecule has 0 spiro atoms. The molecule has 9 fully saturated rings. The van der Waals surface area contributed by atoms with Crippen LogP contribution in [0.25, 0.3) is 33.1 Å². The molecule has 3 N–H and O–H groups in total. The summed E-state index contributed by atoms with van der Waals surface area (Å²) in [6.07, 6.45) is 7.09. The number of carbonyl (C=O) groups excluding carboxylic acids is 9. The number of nitrogens with zero attached hydrogens (tertiary/aromatic N) is 9. The van der Waals surface area contributed by atoms with E-state index in [-0.39, 0.29) is 197 Å². The van der Waals surface area contributed by atoms with Gasteiger partial charge in [-0.05, 0) is 163 Å². The summed E-state index contributed by atoms with van der Waals surface area (Å²) in [5.41, 5.74) is -3.10. The Morgan fingerprint density at radius 1 is 0.406 bits per heavy atom. The molecule has 18 rings (SSSR count). The quantitative estimate of drug-likeness (QED) is 0.0687. The minimum atomic E-state index is -3.38. The van der Waals surface area contributed by atoms with Gasteiger partial charge in [-0.3, -0.25) is 14.4 Å². The van der Waals surface area contributed by atoms with Crippen LogP contribution in [0.1, 0.15) is 192 Å².